The lowest BCUT2D eigenvalue weighted by molar-refractivity contribution is -0.455. The highest BCUT2D eigenvalue weighted by atomic mass is 17.5. The summed E-state index contributed by atoms with van der Waals surface area (Å²) in [6.45, 7) is -0.763. The molecule has 1 aliphatic rings. The molecule has 0 unspecified atom stereocenters. The Hall–Kier alpha value is -0.810. The normalized spacial score (nSPS) is 26.4. The van der Waals surface area contributed by atoms with Gasteiger partial charge in [-0.2, -0.15) is 4.89 Å². The van der Waals surface area contributed by atoms with Gasteiger partial charge in [0.2, 0.25) is 6.10 Å². The average molecular weight is 228 g/mol. The molecule has 15 heavy (non-hydrogen) atoms. The number of aliphatic hydroxyl groups excluding tert-OH is 4. The fourth-order valence-corrected chi connectivity index (χ4v) is 0.893. The maximum absolute atomic E-state index is 10.7. The molecule has 6 N–H and O–H groups in total. The van der Waals surface area contributed by atoms with Crippen LogP contribution in [0.2, 0.25) is 0 Å². The minimum Gasteiger partial charge on any atom is -0.412 e. The van der Waals surface area contributed by atoms with Crippen molar-refractivity contribution >= 4 is 5.97 Å². The van der Waals surface area contributed by atoms with Gasteiger partial charge in [-0.3, -0.25) is 4.89 Å². The quantitative estimate of drug-likeness (QED) is 0.355. The van der Waals surface area contributed by atoms with Crippen LogP contribution in [0, 0.1) is 0 Å². The first-order valence-corrected chi connectivity index (χ1v) is 3.77. The van der Waals surface area contributed by atoms with E-state index in [0.29, 0.717) is 0 Å². The Bertz CT molecular complexity index is 207. The van der Waals surface area contributed by atoms with Crippen LogP contribution in [0.25, 0.3) is 0 Å². The van der Waals surface area contributed by atoms with Crippen LogP contribution in [0.5, 0.6) is 0 Å². The van der Waals surface area contributed by atoms with E-state index in [0.717, 1.165) is 0 Å². The van der Waals surface area contributed by atoms with E-state index >= 15 is 0 Å². The van der Waals surface area contributed by atoms with Crippen molar-refractivity contribution in [2.24, 2.45) is 0 Å². The maximum atomic E-state index is 10.7. The fourth-order valence-electron chi connectivity index (χ4n) is 0.893. The molecule has 0 radical (unpaired) electrons. The summed E-state index contributed by atoms with van der Waals surface area (Å²) >= 11 is 0. The molecule has 1 rings (SSSR count). The molecular formula is C6H12O9. The first kappa shape index (κ1) is 14.2. The van der Waals surface area contributed by atoms with Crippen LogP contribution >= 0.6 is 0 Å². The van der Waals surface area contributed by atoms with E-state index in [4.69, 9.17) is 15.3 Å². The number of rotatable bonds is 4. The van der Waals surface area contributed by atoms with Crippen LogP contribution in [0.1, 0.15) is 0 Å². The van der Waals surface area contributed by atoms with E-state index in [1.165, 1.54) is 0 Å². The van der Waals surface area contributed by atoms with Gasteiger partial charge in [0.05, 0.1) is 6.61 Å². The largest absolute Gasteiger partial charge is 0.412 e. The summed E-state index contributed by atoms with van der Waals surface area (Å²) in [6.07, 6.45) is -6.60. The lowest BCUT2D eigenvalue weighted by Crippen LogP contribution is -2.47. The highest BCUT2D eigenvalue weighted by molar-refractivity contribution is 5.75. The molecule has 0 aromatic heterocycles. The first-order chi connectivity index (χ1) is 6.57. The SMILES string of the molecule is O.O=C1OOO[C@H]1[C@@H](O)[C@H](O)[C@@H](O)CO. The highest BCUT2D eigenvalue weighted by Crippen LogP contribution is 2.15. The molecule has 9 heteroatoms. The molecule has 1 fully saturated rings. The molecule has 9 nitrogen and oxygen atoms in total. The van der Waals surface area contributed by atoms with Crippen molar-refractivity contribution in [1.82, 2.24) is 0 Å². The fraction of sp³-hybridized carbons (Fsp3) is 0.833. The third-order valence-corrected chi connectivity index (χ3v) is 1.73. The second kappa shape index (κ2) is 5.92. The van der Waals surface area contributed by atoms with Crippen molar-refractivity contribution in [2.45, 2.75) is 24.4 Å². The zero-order chi connectivity index (χ0) is 10.7. The second-order valence-corrected chi connectivity index (χ2v) is 2.72. The number of aliphatic hydroxyl groups is 4. The molecule has 0 amide bonds. The van der Waals surface area contributed by atoms with Crippen molar-refractivity contribution < 1.29 is 45.5 Å². The summed E-state index contributed by atoms with van der Waals surface area (Å²) < 4.78 is 0. The van der Waals surface area contributed by atoms with Crippen LogP contribution < -0.4 is 0 Å². The predicted octanol–water partition coefficient (Wildman–Crippen LogP) is -3.97. The van der Waals surface area contributed by atoms with E-state index in [2.05, 4.69) is 14.8 Å². The van der Waals surface area contributed by atoms with Gasteiger partial charge in [-0.15, -0.1) is 0 Å². The van der Waals surface area contributed by atoms with Crippen molar-refractivity contribution in [1.29, 1.82) is 0 Å². The standard InChI is InChI=1S/C6H10O8.H2O/c7-1-2(8)3(9)4(10)5-6(11)13-14-12-5;/h2-5,7-10H,1H2;1H2/t2-,3+,4-,5-;/m0./s1. The molecule has 0 aromatic rings. The Morgan fingerprint density at radius 2 is 1.93 bits per heavy atom. The van der Waals surface area contributed by atoms with Crippen molar-refractivity contribution in [3.8, 4) is 0 Å². The highest BCUT2D eigenvalue weighted by Gasteiger charge is 2.42. The van der Waals surface area contributed by atoms with Gasteiger partial charge in [-0.1, -0.05) is 0 Å². The Morgan fingerprint density at radius 1 is 1.33 bits per heavy atom. The van der Waals surface area contributed by atoms with Gasteiger partial charge >= 0.3 is 5.97 Å². The van der Waals surface area contributed by atoms with Crippen LogP contribution in [0.4, 0.5) is 0 Å². The lowest BCUT2D eigenvalue weighted by atomic mass is 10.0. The molecule has 0 aliphatic carbocycles. The van der Waals surface area contributed by atoms with Crippen LogP contribution in [0.3, 0.4) is 0 Å². The molecule has 1 aliphatic heterocycles. The van der Waals surface area contributed by atoms with E-state index in [1.807, 2.05) is 0 Å². The summed E-state index contributed by atoms with van der Waals surface area (Å²) in [5.74, 6) is -1.03. The molecule has 0 spiro atoms. The van der Waals surface area contributed by atoms with E-state index in [1.54, 1.807) is 0 Å². The van der Waals surface area contributed by atoms with Gasteiger partial charge < -0.3 is 25.9 Å². The summed E-state index contributed by atoms with van der Waals surface area (Å²) in [5, 5.41) is 39.6. The first-order valence-electron chi connectivity index (χ1n) is 3.77. The zero-order valence-electron chi connectivity index (χ0n) is 7.44. The topological polar surface area (TPSA) is 157 Å². The van der Waals surface area contributed by atoms with E-state index in [9.17, 15) is 9.90 Å². The molecule has 1 saturated heterocycles. The van der Waals surface area contributed by atoms with Gasteiger partial charge in [-0.25, -0.2) is 4.79 Å². The molecular weight excluding hydrogens is 216 g/mol. The van der Waals surface area contributed by atoms with Crippen molar-refractivity contribution in [3.05, 3.63) is 0 Å². The van der Waals surface area contributed by atoms with Gasteiger partial charge in [0, 0.05) is 0 Å². The maximum Gasteiger partial charge on any atom is 0.380 e. The minimum absolute atomic E-state index is 0. The Kier molecular flexibility index (Phi) is 5.60. The molecule has 0 saturated carbocycles. The molecule has 4 atom stereocenters. The Labute approximate surface area is 83.6 Å². The van der Waals surface area contributed by atoms with Crippen LogP contribution in [-0.2, 0) is 19.6 Å². The monoisotopic (exact) mass is 228 g/mol. The van der Waals surface area contributed by atoms with E-state index < -0.39 is 37.0 Å². The van der Waals surface area contributed by atoms with Crippen LogP contribution in [-0.4, -0.2) is 62.9 Å². The average Bonchev–Trinajstić information content (AvgIpc) is 2.61. The summed E-state index contributed by atoms with van der Waals surface area (Å²) in [5.41, 5.74) is 0. The van der Waals surface area contributed by atoms with Crippen molar-refractivity contribution in [2.75, 3.05) is 6.61 Å². The van der Waals surface area contributed by atoms with Gasteiger partial charge in [0.15, 0.2) is 0 Å². The van der Waals surface area contributed by atoms with Crippen LogP contribution in [0.15, 0.2) is 0 Å². The molecule has 0 bridgehead atoms. The summed E-state index contributed by atoms with van der Waals surface area (Å²) in [4.78, 5) is 18.8. The Balaban J connectivity index is 0.00000196. The number of carbonyl (C=O) groups is 1. The smallest absolute Gasteiger partial charge is 0.380 e. The number of hydrogen-bond donors (Lipinski definition) is 4. The Morgan fingerprint density at radius 3 is 2.33 bits per heavy atom. The summed E-state index contributed by atoms with van der Waals surface area (Å²) in [7, 11) is 0. The minimum atomic E-state index is -1.74. The van der Waals surface area contributed by atoms with Gasteiger partial charge in [0.25, 0.3) is 0 Å². The predicted molar refractivity (Wildman–Crippen MR) is 40.8 cm³/mol. The summed E-state index contributed by atoms with van der Waals surface area (Å²) in [6, 6.07) is 0. The van der Waals surface area contributed by atoms with E-state index in [-0.39, 0.29) is 5.48 Å². The van der Waals surface area contributed by atoms with Crippen molar-refractivity contribution in [3.63, 3.8) is 0 Å². The number of hydrogen-bond acceptors (Lipinski definition) is 8. The zero-order valence-corrected chi connectivity index (χ0v) is 7.44. The number of carbonyl (C=O) groups excluding carboxylic acids is 1. The van der Waals surface area contributed by atoms with Gasteiger partial charge in [-0.05, 0) is 5.04 Å². The lowest BCUT2D eigenvalue weighted by Gasteiger charge is -2.21. The molecule has 1 heterocycles. The molecule has 90 valence electrons. The third kappa shape index (κ3) is 3.07. The third-order valence-electron chi connectivity index (χ3n) is 1.73. The second-order valence-electron chi connectivity index (χ2n) is 2.72. The van der Waals surface area contributed by atoms with Gasteiger partial charge in [0.1, 0.15) is 18.3 Å². The molecule has 0 aromatic carbocycles.